The second kappa shape index (κ2) is 8.95. The molecule has 3 heteroatoms. The maximum Gasteiger partial charge on any atom is 0.190 e. The van der Waals surface area contributed by atoms with Gasteiger partial charge in [-0.2, -0.15) is 0 Å². The first-order valence-electron chi connectivity index (χ1n) is 8.73. The van der Waals surface area contributed by atoms with Gasteiger partial charge in [-0.05, 0) is 54.4 Å². The van der Waals surface area contributed by atoms with E-state index >= 15 is 0 Å². The largest absolute Gasteiger partial charge is 0.287 e. The van der Waals surface area contributed by atoms with Crippen LogP contribution in [0.1, 0.15) is 36.1 Å². The van der Waals surface area contributed by atoms with Crippen LogP contribution in [0.3, 0.4) is 0 Å². The second-order valence-corrected chi connectivity index (χ2v) is 13.1. The van der Waals surface area contributed by atoms with Crippen molar-refractivity contribution < 1.29 is 4.79 Å². The summed E-state index contributed by atoms with van der Waals surface area (Å²) < 4.78 is 0. The van der Waals surface area contributed by atoms with E-state index in [-0.39, 0.29) is 5.12 Å². The van der Waals surface area contributed by atoms with Gasteiger partial charge in [0, 0.05) is 28.5 Å². The predicted molar refractivity (Wildman–Crippen MR) is 115 cm³/mol. The Morgan fingerprint density at radius 3 is 2.15 bits per heavy atom. The number of carbonyl (C=O) groups is 1. The third-order valence-electron chi connectivity index (χ3n) is 3.53. The van der Waals surface area contributed by atoms with Gasteiger partial charge in [0.15, 0.2) is 5.12 Å². The molecular formula is C23H24OSSi. The van der Waals surface area contributed by atoms with E-state index in [1.54, 1.807) is 6.92 Å². The van der Waals surface area contributed by atoms with Crippen molar-refractivity contribution in [3.8, 4) is 23.3 Å². The number of benzene rings is 2. The summed E-state index contributed by atoms with van der Waals surface area (Å²) >= 11 is 1.24. The monoisotopic (exact) mass is 376 g/mol. The third kappa shape index (κ3) is 6.60. The molecule has 0 heterocycles. The van der Waals surface area contributed by atoms with Crippen molar-refractivity contribution in [1.82, 2.24) is 0 Å². The van der Waals surface area contributed by atoms with E-state index in [9.17, 15) is 4.79 Å². The van der Waals surface area contributed by atoms with Crippen LogP contribution in [0.2, 0.25) is 19.6 Å². The van der Waals surface area contributed by atoms with Crippen LogP contribution in [0.25, 0.3) is 0 Å². The zero-order valence-corrected chi connectivity index (χ0v) is 17.9. The molecule has 0 bridgehead atoms. The number of hydrogen-bond acceptors (Lipinski definition) is 2. The molecule has 0 N–H and O–H groups in total. The van der Waals surface area contributed by atoms with E-state index < -0.39 is 8.07 Å². The van der Waals surface area contributed by atoms with E-state index in [0.717, 1.165) is 28.0 Å². The summed E-state index contributed by atoms with van der Waals surface area (Å²) in [6, 6.07) is 14.0. The summed E-state index contributed by atoms with van der Waals surface area (Å²) in [4.78, 5) is 12.1. The first-order chi connectivity index (χ1) is 12.3. The minimum Gasteiger partial charge on any atom is -0.287 e. The van der Waals surface area contributed by atoms with Crippen molar-refractivity contribution in [3.63, 3.8) is 0 Å². The Kier molecular flexibility index (Phi) is 6.92. The van der Waals surface area contributed by atoms with Gasteiger partial charge >= 0.3 is 0 Å². The maximum atomic E-state index is 11.1. The summed E-state index contributed by atoms with van der Waals surface area (Å²) in [6.07, 6.45) is 0.947. The van der Waals surface area contributed by atoms with E-state index in [2.05, 4.69) is 62.0 Å². The van der Waals surface area contributed by atoms with Gasteiger partial charge in [-0.3, -0.25) is 4.79 Å². The fraction of sp³-hybridized carbons (Fsp3) is 0.261. The highest BCUT2D eigenvalue weighted by molar-refractivity contribution is 8.13. The normalized spacial score (nSPS) is 10.3. The highest BCUT2D eigenvalue weighted by Crippen LogP contribution is 2.18. The first-order valence-corrected chi connectivity index (χ1v) is 13.0. The van der Waals surface area contributed by atoms with Crippen LogP contribution in [0, 0.1) is 23.3 Å². The molecule has 0 atom stereocenters. The Hall–Kier alpha value is -2.20. The first kappa shape index (κ1) is 20.1. The average Bonchev–Trinajstić information content (AvgIpc) is 2.58. The maximum absolute atomic E-state index is 11.1. The molecule has 2 aromatic carbocycles. The van der Waals surface area contributed by atoms with E-state index in [0.29, 0.717) is 0 Å². The molecule has 0 fully saturated rings. The number of thioether (sulfide) groups is 1. The standard InChI is InChI=1S/C23H24OSSi/c1-6-21-17-20(9-12-22(21)15-16-26(3,4)5)8-7-19-10-13-23(14-11-19)25-18(2)24/h9-14,17H,6H2,1-5H3. The van der Waals surface area contributed by atoms with Crippen molar-refractivity contribution in [2.75, 3.05) is 0 Å². The van der Waals surface area contributed by atoms with E-state index in [1.807, 2.05) is 30.3 Å². The van der Waals surface area contributed by atoms with Gasteiger partial charge < -0.3 is 0 Å². The Morgan fingerprint density at radius 2 is 1.58 bits per heavy atom. The highest BCUT2D eigenvalue weighted by Gasteiger charge is 2.08. The van der Waals surface area contributed by atoms with Gasteiger partial charge in [-0.1, -0.05) is 56.1 Å². The molecule has 2 rings (SSSR count). The molecule has 0 saturated carbocycles. The van der Waals surface area contributed by atoms with Crippen LogP contribution in [0.5, 0.6) is 0 Å². The quantitative estimate of drug-likeness (QED) is 0.390. The van der Waals surface area contributed by atoms with Gasteiger partial charge in [0.2, 0.25) is 0 Å². The molecule has 0 radical (unpaired) electrons. The fourth-order valence-corrected chi connectivity index (χ4v) is 3.37. The van der Waals surface area contributed by atoms with Gasteiger partial charge in [0.25, 0.3) is 0 Å². The van der Waals surface area contributed by atoms with Crippen molar-refractivity contribution >= 4 is 25.0 Å². The van der Waals surface area contributed by atoms with Crippen molar-refractivity contribution in [2.24, 2.45) is 0 Å². The smallest absolute Gasteiger partial charge is 0.190 e. The Labute approximate surface area is 162 Å². The Bertz CT molecular complexity index is 913. The molecule has 0 aromatic heterocycles. The van der Waals surface area contributed by atoms with Gasteiger partial charge in [0.1, 0.15) is 8.07 Å². The lowest BCUT2D eigenvalue weighted by Crippen LogP contribution is -2.16. The zero-order valence-electron chi connectivity index (χ0n) is 16.1. The van der Waals surface area contributed by atoms with Crippen LogP contribution in [-0.4, -0.2) is 13.2 Å². The van der Waals surface area contributed by atoms with Crippen LogP contribution in [0.4, 0.5) is 0 Å². The van der Waals surface area contributed by atoms with Crippen LogP contribution in [-0.2, 0) is 11.2 Å². The molecule has 26 heavy (non-hydrogen) atoms. The van der Waals surface area contributed by atoms with E-state index in [1.165, 1.54) is 17.3 Å². The van der Waals surface area contributed by atoms with Gasteiger partial charge in [-0.25, -0.2) is 0 Å². The summed E-state index contributed by atoms with van der Waals surface area (Å²) in [7, 11) is -1.38. The summed E-state index contributed by atoms with van der Waals surface area (Å²) in [5.74, 6) is 9.79. The third-order valence-corrected chi connectivity index (χ3v) is 5.20. The summed E-state index contributed by atoms with van der Waals surface area (Å²) in [6.45, 7) is 10.5. The zero-order chi connectivity index (χ0) is 19.2. The van der Waals surface area contributed by atoms with Crippen LogP contribution < -0.4 is 0 Å². The molecule has 0 aliphatic heterocycles. The number of rotatable bonds is 2. The van der Waals surface area contributed by atoms with E-state index in [4.69, 9.17) is 0 Å². The Balaban J connectivity index is 2.21. The van der Waals surface area contributed by atoms with Crippen molar-refractivity contribution in [3.05, 3.63) is 64.7 Å². The van der Waals surface area contributed by atoms with Gasteiger partial charge in [0.05, 0.1) is 0 Å². The molecule has 0 unspecified atom stereocenters. The molecule has 0 spiro atoms. The molecule has 0 aliphatic carbocycles. The molecule has 0 amide bonds. The lowest BCUT2D eigenvalue weighted by molar-refractivity contribution is -0.109. The predicted octanol–water partition coefficient (Wildman–Crippen LogP) is 5.52. The fourth-order valence-electron chi connectivity index (χ4n) is 2.26. The molecule has 1 nitrogen and oxygen atoms in total. The lowest BCUT2D eigenvalue weighted by Gasteiger charge is -2.06. The van der Waals surface area contributed by atoms with Crippen molar-refractivity contribution in [1.29, 1.82) is 0 Å². The summed E-state index contributed by atoms with van der Waals surface area (Å²) in [5, 5.41) is 0.0910. The number of aryl methyl sites for hydroxylation is 1. The molecule has 132 valence electrons. The molecular weight excluding hydrogens is 352 g/mol. The van der Waals surface area contributed by atoms with Crippen LogP contribution in [0.15, 0.2) is 47.4 Å². The number of carbonyl (C=O) groups excluding carboxylic acids is 1. The minimum atomic E-state index is -1.38. The highest BCUT2D eigenvalue weighted by atomic mass is 32.2. The SMILES string of the molecule is CCc1cc(C#Cc2ccc(SC(C)=O)cc2)ccc1C#C[Si](C)(C)C. The molecule has 2 aromatic rings. The van der Waals surface area contributed by atoms with Crippen LogP contribution >= 0.6 is 11.8 Å². The molecule has 0 saturated heterocycles. The lowest BCUT2D eigenvalue weighted by atomic mass is 10.0. The number of hydrogen-bond donors (Lipinski definition) is 0. The molecule has 0 aliphatic rings. The second-order valence-electron chi connectivity index (χ2n) is 7.09. The topological polar surface area (TPSA) is 17.1 Å². The van der Waals surface area contributed by atoms with Crippen molar-refractivity contribution in [2.45, 2.75) is 44.8 Å². The minimum absolute atomic E-state index is 0.0910. The average molecular weight is 377 g/mol. The summed E-state index contributed by atoms with van der Waals surface area (Å²) in [5.41, 5.74) is 7.74. The van der Waals surface area contributed by atoms with Gasteiger partial charge in [-0.15, -0.1) is 5.54 Å². The Morgan fingerprint density at radius 1 is 0.962 bits per heavy atom.